The van der Waals surface area contributed by atoms with Crippen molar-refractivity contribution in [2.24, 2.45) is 0 Å². The Labute approximate surface area is 170 Å². The third-order valence-corrected chi connectivity index (χ3v) is 5.79. The van der Waals surface area contributed by atoms with Gasteiger partial charge in [0.15, 0.2) is 0 Å². The Morgan fingerprint density at radius 2 is 1.76 bits per heavy atom. The van der Waals surface area contributed by atoms with Crippen molar-refractivity contribution in [3.8, 4) is 0 Å². The lowest BCUT2D eigenvalue weighted by Crippen LogP contribution is -2.42. The number of halogens is 3. The van der Waals surface area contributed by atoms with Gasteiger partial charge in [-0.25, -0.2) is 4.79 Å². The number of nitrogens with zero attached hydrogens (tertiary/aromatic N) is 1. The van der Waals surface area contributed by atoms with E-state index in [1.807, 2.05) is 30.3 Å². The zero-order chi connectivity index (χ0) is 21.0. The lowest BCUT2D eigenvalue weighted by atomic mass is 10.1. The first kappa shape index (κ1) is 21.0. The van der Waals surface area contributed by atoms with E-state index in [-0.39, 0.29) is 0 Å². The summed E-state index contributed by atoms with van der Waals surface area (Å²) in [5.41, 5.74) is 0.555. The number of alkyl halides is 3. The van der Waals surface area contributed by atoms with Gasteiger partial charge in [-0.15, -0.1) is 11.8 Å². The highest BCUT2D eigenvalue weighted by Gasteiger charge is 2.42. The highest BCUT2D eigenvalue weighted by atomic mass is 32.2. The fraction of sp³-hybridized carbons (Fsp3) is 0.238. The first-order chi connectivity index (χ1) is 13.8. The number of hydrogen-bond donors (Lipinski definition) is 0. The third kappa shape index (κ3) is 4.82. The molecule has 1 fully saturated rings. The van der Waals surface area contributed by atoms with Crippen molar-refractivity contribution in [3.05, 3.63) is 77.4 Å². The zero-order valence-corrected chi connectivity index (χ0v) is 16.2. The van der Waals surface area contributed by atoms with Gasteiger partial charge in [-0.05, 0) is 29.3 Å². The summed E-state index contributed by atoms with van der Waals surface area (Å²) in [6.07, 6.45) is -1.46. The summed E-state index contributed by atoms with van der Waals surface area (Å²) in [4.78, 5) is 26.4. The SMILES string of the molecule is COC(=O)C1CSC(c2ccc(C(F)(F)F)cc2)N1C(=O)/C=C/c1ccccc1. The number of ether oxygens (including phenoxy) is 1. The van der Waals surface area contributed by atoms with Crippen molar-refractivity contribution >= 4 is 29.7 Å². The molecule has 4 nitrogen and oxygen atoms in total. The zero-order valence-electron chi connectivity index (χ0n) is 15.4. The normalized spacial score (nSPS) is 19.5. The molecule has 1 aliphatic heterocycles. The van der Waals surface area contributed by atoms with Crippen LogP contribution in [-0.2, 0) is 20.5 Å². The van der Waals surface area contributed by atoms with Crippen LogP contribution in [-0.4, -0.2) is 35.7 Å². The largest absolute Gasteiger partial charge is 0.467 e. The number of amides is 1. The molecule has 2 atom stereocenters. The maximum atomic E-state index is 12.9. The predicted octanol–water partition coefficient (Wildman–Crippen LogP) is 4.53. The van der Waals surface area contributed by atoms with E-state index >= 15 is 0 Å². The Morgan fingerprint density at radius 1 is 1.10 bits per heavy atom. The van der Waals surface area contributed by atoms with Gasteiger partial charge in [-0.1, -0.05) is 42.5 Å². The van der Waals surface area contributed by atoms with E-state index in [2.05, 4.69) is 0 Å². The molecule has 1 aliphatic rings. The molecule has 2 aromatic rings. The molecule has 0 radical (unpaired) electrons. The van der Waals surface area contributed by atoms with Crippen molar-refractivity contribution in [1.82, 2.24) is 4.90 Å². The summed E-state index contributed by atoms with van der Waals surface area (Å²) < 4.78 is 43.3. The Balaban J connectivity index is 1.88. The van der Waals surface area contributed by atoms with Crippen molar-refractivity contribution in [3.63, 3.8) is 0 Å². The predicted molar refractivity (Wildman–Crippen MR) is 105 cm³/mol. The molecular formula is C21H18F3NO3S. The van der Waals surface area contributed by atoms with Gasteiger partial charge in [0, 0.05) is 11.8 Å². The van der Waals surface area contributed by atoms with E-state index in [0.717, 1.165) is 17.7 Å². The molecule has 8 heteroatoms. The molecule has 0 bridgehead atoms. The van der Waals surface area contributed by atoms with Crippen LogP contribution in [0.1, 0.15) is 22.1 Å². The number of rotatable bonds is 4. The monoisotopic (exact) mass is 421 g/mol. The molecule has 1 saturated heterocycles. The molecular weight excluding hydrogens is 403 g/mol. The molecule has 29 heavy (non-hydrogen) atoms. The van der Waals surface area contributed by atoms with Crippen molar-refractivity contribution in [1.29, 1.82) is 0 Å². The van der Waals surface area contributed by atoms with E-state index in [9.17, 15) is 22.8 Å². The Morgan fingerprint density at radius 3 is 2.34 bits per heavy atom. The number of carbonyl (C=O) groups excluding carboxylic acids is 2. The lowest BCUT2D eigenvalue weighted by Gasteiger charge is -2.27. The standard InChI is InChI=1S/C21H18F3NO3S/c1-28-20(27)17-13-29-19(15-8-10-16(11-9-15)21(22,23)24)25(17)18(26)12-7-14-5-3-2-4-6-14/h2-12,17,19H,13H2,1H3/b12-7+. The average molecular weight is 421 g/mol. The number of esters is 1. The van der Waals surface area contributed by atoms with Crippen LogP contribution in [0.4, 0.5) is 13.2 Å². The Kier molecular flexibility index (Phi) is 6.32. The smallest absolute Gasteiger partial charge is 0.416 e. The molecule has 1 amide bonds. The van der Waals surface area contributed by atoms with E-state index in [1.165, 1.54) is 42.0 Å². The number of hydrogen-bond acceptors (Lipinski definition) is 4. The highest BCUT2D eigenvalue weighted by Crippen LogP contribution is 2.42. The minimum absolute atomic E-state index is 0.295. The molecule has 0 N–H and O–H groups in total. The molecule has 0 spiro atoms. The van der Waals surface area contributed by atoms with Gasteiger partial charge in [0.1, 0.15) is 11.4 Å². The van der Waals surface area contributed by atoms with Crippen molar-refractivity contribution < 1.29 is 27.5 Å². The summed E-state index contributed by atoms with van der Waals surface area (Å²) in [7, 11) is 1.24. The first-order valence-corrected chi connectivity index (χ1v) is 9.78. The number of thioether (sulfide) groups is 1. The Hall–Kier alpha value is -2.74. The maximum absolute atomic E-state index is 12.9. The van der Waals surface area contributed by atoms with Gasteiger partial charge in [-0.3, -0.25) is 4.79 Å². The molecule has 1 heterocycles. The minimum Gasteiger partial charge on any atom is -0.467 e. The second kappa shape index (κ2) is 8.73. The molecule has 0 saturated carbocycles. The van der Waals surface area contributed by atoms with Crippen LogP contribution >= 0.6 is 11.8 Å². The van der Waals surface area contributed by atoms with E-state index in [1.54, 1.807) is 6.08 Å². The summed E-state index contributed by atoms with van der Waals surface area (Å²) in [6.45, 7) is 0. The molecule has 0 aliphatic carbocycles. The quantitative estimate of drug-likeness (QED) is 0.537. The first-order valence-electron chi connectivity index (χ1n) is 8.73. The average Bonchev–Trinajstić information content (AvgIpc) is 3.17. The number of methoxy groups -OCH3 is 1. The van der Waals surface area contributed by atoms with Crippen LogP contribution in [0.25, 0.3) is 6.08 Å². The van der Waals surface area contributed by atoms with Gasteiger partial charge in [0.05, 0.1) is 12.7 Å². The summed E-state index contributed by atoms with van der Waals surface area (Å²) in [5.74, 6) is -0.684. The third-order valence-electron chi connectivity index (χ3n) is 4.47. The van der Waals surface area contributed by atoms with Gasteiger partial charge >= 0.3 is 12.1 Å². The van der Waals surface area contributed by atoms with E-state index < -0.39 is 35.0 Å². The van der Waals surface area contributed by atoms with Crippen LogP contribution in [0.5, 0.6) is 0 Å². The summed E-state index contributed by atoms with van der Waals surface area (Å²) in [6, 6.07) is 13.0. The lowest BCUT2D eigenvalue weighted by molar-refractivity contribution is -0.150. The van der Waals surface area contributed by atoms with Gasteiger partial charge < -0.3 is 9.64 Å². The topological polar surface area (TPSA) is 46.6 Å². The molecule has 2 aromatic carbocycles. The van der Waals surface area contributed by atoms with Crippen LogP contribution in [0.3, 0.4) is 0 Å². The molecule has 152 valence electrons. The van der Waals surface area contributed by atoms with Crippen molar-refractivity contribution in [2.75, 3.05) is 12.9 Å². The van der Waals surface area contributed by atoms with E-state index in [4.69, 9.17) is 4.74 Å². The van der Waals surface area contributed by atoms with Gasteiger partial charge in [-0.2, -0.15) is 13.2 Å². The van der Waals surface area contributed by atoms with Gasteiger partial charge in [0.25, 0.3) is 0 Å². The molecule has 0 aromatic heterocycles. The summed E-state index contributed by atoms with van der Waals surface area (Å²) >= 11 is 1.31. The van der Waals surface area contributed by atoms with E-state index in [0.29, 0.717) is 11.3 Å². The van der Waals surface area contributed by atoms with Crippen LogP contribution in [0.2, 0.25) is 0 Å². The minimum atomic E-state index is -4.44. The second-order valence-corrected chi connectivity index (χ2v) is 7.45. The van der Waals surface area contributed by atoms with Crippen LogP contribution < -0.4 is 0 Å². The fourth-order valence-electron chi connectivity index (χ4n) is 3.00. The summed E-state index contributed by atoms with van der Waals surface area (Å²) in [5, 5.41) is -0.589. The van der Waals surface area contributed by atoms with Gasteiger partial charge in [0.2, 0.25) is 5.91 Å². The Bertz CT molecular complexity index is 898. The second-order valence-electron chi connectivity index (χ2n) is 6.33. The van der Waals surface area contributed by atoms with Crippen LogP contribution in [0.15, 0.2) is 60.7 Å². The van der Waals surface area contributed by atoms with Crippen LogP contribution in [0, 0.1) is 0 Å². The maximum Gasteiger partial charge on any atom is 0.416 e. The van der Waals surface area contributed by atoms with Crippen molar-refractivity contribution in [2.45, 2.75) is 17.6 Å². The molecule has 3 rings (SSSR count). The highest BCUT2D eigenvalue weighted by molar-refractivity contribution is 7.99. The number of benzene rings is 2. The fourth-order valence-corrected chi connectivity index (χ4v) is 4.43. The number of carbonyl (C=O) groups is 2. The molecule has 2 unspecified atom stereocenters.